The first kappa shape index (κ1) is 20.7. The highest BCUT2D eigenvalue weighted by molar-refractivity contribution is 6.31. The number of carbonyl (C=O) groups excluding carboxylic acids is 2. The second-order valence-corrected chi connectivity index (χ2v) is 7.15. The Kier molecular flexibility index (Phi) is 6.75. The van der Waals surface area contributed by atoms with Gasteiger partial charge < -0.3 is 15.4 Å². The maximum Gasteiger partial charge on any atom is 0.262 e. The lowest BCUT2D eigenvalue weighted by Crippen LogP contribution is -2.20. The Morgan fingerprint density at radius 3 is 2.17 bits per heavy atom. The lowest BCUT2D eigenvalue weighted by Gasteiger charge is -2.10. The number of ether oxygens (including phenoxy) is 1. The van der Waals surface area contributed by atoms with Gasteiger partial charge in [0.25, 0.3) is 11.8 Å². The van der Waals surface area contributed by atoms with Crippen LogP contribution in [0.2, 0.25) is 10.0 Å². The molecule has 0 atom stereocenters. The molecule has 0 aromatic heterocycles. The largest absolute Gasteiger partial charge is 0.484 e. The van der Waals surface area contributed by atoms with Crippen LogP contribution in [-0.2, 0) is 4.79 Å². The van der Waals surface area contributed by atoms with Gasteiger partial charge in [0.15, 0.2) is 6.61 Å². The number of hydrogen-bond acceptors (Lipinski definition) is 3. The molecule has 0 aliphatic rings. The van der Waals surface area contributed by atoms with Crippen LogP contribution in [0.5, 0.6) is 5.75 Å². The Balaban J connectivity index is 1.52. The Bertz CT molecular complexity index is 1020. The van der Waals surface area contributed by atoms with Gasteiger partial charge in [0.05, 0.1) is 0 Å². The van der Waals surface area contributed by atoms with E-state index in [1.54, 1.807) is 66.7 Å². The van der Waals surface area contributed by atoms with Crippen LogP contribution in [0.15, 0.2) is 66.7 Å². The van der Waals surface area contributed by atoms with E-state index in [4.69, 9.17) is 27.9 Å². The number of amides is 2. The summed E-state index contributed by atoms with van der Waals surface area (Å²) >= 11 is 11.7. The van der Waals surface area contributed by atoms with Gasteiger partial charge in [0.1, 0.15) is 5.75 Å². The zero-order valence-electron chi connectivity index (χ0n) is 15.5. The molecule has 0 aliphatic heterocycles. The highest BCUT2D eigenvalue weighted by atomic mass is 35.5. The summed E-state index contributed by atoms with van der Waals surface area (Å²) < 4.78 is 5.49. The Hall–Kier alpha value is -3.02. The number of benzene rings is 3. The average molecular weight is 429 g/mol. The van der Waals surface area contributed by atoms with Crippen molar-refractivity contribution in [2.45, 2.75) is 6.92 Å². The zero-order chi connectivity index (χ0) is 20.8. The van der Waals surface area contributed by atoms with Gasteiger partial charge in [-0.2, -0.15) is 0 Å². The molecule has 2 N–H and O–H groups in total. The normalized spacial score (nSPS) is 10.3. The van der Waals surface area contributed by atoms with E-state index in [9.17, 15) is 9.59 Å². The second-order valence-electron chi connectivity index (χ2n) is 6.28. The number of aryl methyl sites for hydroxylation is 1. The molecular formula is C22H18Cl2N2O3. The molecule has 0 saturated heterocycles. The molecule has 0 radical (unpaired) electrons. The first-order chi connectivity index (χ1) is 13.9. The van der Waals surface area contributed by atoms with Crippen LogP contribution >= 0.6 is 23.2 Å². The van der Waals surface area contributed by atoms with Gasteiger partial charge in [-0.1, -0.05) is 23.2 Å². The van der Waals surface area contributed by atoms with E-state index in [1.165, 1.54) is 0 Å². The quantitative estimate of drug-likeness (QED) is 0.538. The summed E-state index contributed by atoms with van der Waals surface area (Å²) in [5.74, 6) is -0.0640. The van der Waals surface area contributed by atoms with E-state index >= 15 is 0 Å². The fraction of sp³-hybridized carbons (Fsp3) is 0.0909. The molecule has 29 heavy (non-hydrogen) atoms. The van der Waals surface area contributed by atoms with Gasteiger partial charge in [-0.15, -0.1) is 0 Å². The van der Waals surface area contributed by atoms with Crippen molar-refractivity contribution in [3.63, 3.8) is 0 Å². The first-order valence-electron chi connectivity index (χ1n) is 8.76. The van der Waals surface area contributed by atoms with E-state index in [0.717, 1.165) is 5.56 Å². The van der Waals surface area contributed by atoms with Gasteiger partial charge in [0, 0.05) is 27.0 Å². The van der Waals surface area contributed by atoms with E-state index < -0.39 is 0 Å². The van der Waals surface area contributed by atoms with Crippen molar-refractivity contribution in [1.29, 1.82) is 0 Å². The van der Waals surface area contributed by atoms with Gasteiger partial charge >= 0.3 is 0 Å². The van der Waals surface area contributed by atoms with Gasteiger partial charge in [-0.05, 0) is 79.2 Å². The van der Waals surface area contributed by atoms with Crippen molar-refractivity contribution < 1.29 is 14.3 Å². The topological polar surface area (TPSA) is 67.4 Å². The SMILES string of the molecule is Cc1cc(Cl)ccc1NC(=O)COc1ccc(C(=O)Nc2ccc(Cl)cc2)cc1. The van der Waals surface area contributed by atoms with Crippen molar-refractivity contribution in [2.24, 2.45) is 0 Å². The molecule has 0 unspecified atom stereocenters. The Morgan fingerprint density at radius 2 is 1.52 bits per heavy atom. The minimum Gasteiger partial charge on any atom is -0.484 e. The number of carbonyl (C=O) groups is 2. The predicted octanol–water partition coefficient (Wildman–Crippen LogP) is 5.57. The molecule has 7 heteroatoms. The van der Waals surface area contributed by atoms with E-state index in [1.807, 2.05) is 6.92 Å². The lowest BCUT2D eigenvalue weighted by molar-refractivity contribution is -0.118. The number of nitrogens with one attached hydrogen (secondary N) is 2. The number of rotatable bonds is 6. The molecule has 3 aromatic carbocycles. The van der Waals surface area contributed by atoms with Crippen LogP contribution < -0.4 is 15.4 Å². The van der Waals surface area contributed by atoms with Crippen LogP contribution in [-0.4, -0.2) is 18.4 Å². The summed E-state index contributed by atoms with van der Waals surface area (Å²) in [7, 11) is 0. The van der Waals surface area contributed by atoms with Crippen LogP contribution in [0, 0.1) is 6.92 Å². The highest BCUT2D eigenvalue weighted by Gasteiger charge is 2.09. The van der Waals surface area contributed by atoms with Gasteiger partial charge in [-0.25, -0.2) is 0 Å². The molecule has 3 rings (SSSR count). The minimum atomic E-state index is -0.292. The minimum absolute atomic E-state index is 0.154. The Morgan fingerprint density at radius 1 is 0.862 bits per heavy atom. The smallest absolute Gasteiger partial charge is 0.262 e. The third-order valence-electron chi connectivity index (χ3n) is 4.05. The average Bonchev–Trinajstić information content (AvgIpc) is 2.70. The molecule has 0 fully saturated rings. The van der Waals surface area contributed by atoms with Crippen LogP contribution in [0.4, 0.5) is 11.4 Å². The third-order valence-corrected chi connectivity index (χ3v) is 4.54. The number of hydrogen-bond donors (Lipinski definition) is 2. The highest BCUT2D eigenvalue weighted by Crippen LogP contribution is 2.20. The summed E-state index contributed by atoms with van der Waals surface area (Å²) in [5, 5.41) is 6.76. The first-order valence-corrected chi connectivity index (χ1v) is 9.52. The summed E-state index contributed by atoms with van der Waals surface area (Å²) in [6.07, 6.45) is 0. The third kappa shape index (κ3) is 5.98. The maximum atomic E-state index is 12.3. The fourth-order valence-corrected chi connectivity index (χ4v) is 2.89. The van der Waals surface area contributed by atoms with E-state index in [-0.39, 0.29) is 18.4 Å². The van der Waals surface area contributed by atoms with E-state index in [2.05, 4.69) is 10.6 Å². The fourth-order valence-electron chi connectivity index (χ4n) is 2.54. The molecule has 0 aliphatic carbocycles. The van der Waals surface area contributed by atoms with Crippen molar-refractivity contribution in [1.82, 2.24) is 0 Å². The van der Waals surface area contributed by atoms with Crippen molar-refractivity contribution in [3.05, 3.63) is 87.9 Å². The number of halogens is 2. The molecule has 0 spiro atoms. The number of anilines is 2. The van der Waals surface area contributed by atoms with Crippen LogP contribution in [0.3, 0.4) is 0 Å². The molecule has 148 valence electrons. The monoisotopic (exact) mass is 428 g/mol. The summed E-state index contributed by atoms with van der Waals surface area (Å²) in [5.41, 5.74) is 2.65. The van der Waals surface area contributed by atoms with E-state index in [0.29, 0.717) is 32.7 Å². The second kappa shape index (κ2) is 9.45. The van der Waals surface area contributed by atoms with Gasteiger partial charge in [0.2, 0.25) is 0 Å². The maximum absolute atomic E-state index is 12.3. The van der Waals surface area contributed by atoms with Crippen molar-refractivity contribution in [3.8, 4) is 5.75 Å². The molecule has 3 aromatic rings. The summed E-state index contributed by atoms with van der Waals surface area (Å²) in [4.78, 5) is 24.4. The Labute approximate surface area is 178 Å². The molecule has 5 nitrogen and oxygen atoms in total. The standard InChI is InChI=1S/C22H18Cl2N2O3/c1-14-12-17(24)6-11-20(14)26-21(27)13-29-19-9-2-15(3-10-19)22(28)25-18-7-4-16(23)5-8-18/h2-12H,13H2,1H3,(H,25,28)(H,26,27). The molecular weight excluding hydrogens is 411 g/mol. The summed E-state index contributed by atoms with van der Waals surface area (Å²) in [6.45, 7) is 1.70. The lowest BCUT2D eigenvalue weighted by atomic mass is 10.2. The van der Waals surface area contributed by atoms with Gasteiger partial charge in [-0.3, -0.25) is 9.59 Å². The van der Waals surface area contributed by atoms with Crippen LogP contribution in [0.1, 0.15) is 15.9 Å². The van der Waals surface area contributed by atoms with Crippen molar-refractivity contribution >= 4 is 46.4 Å². The molecule has 0 saturated carbocycles. The molecule has 2 amide bonds. The van der Waals surface area contributed by atoms with Crippen LogP contribution in [0.25, 0.3) is 0 Å². The zero-order valence-corrected chi connectivity index (χ0v) is 17.1. The molecule has 0 bridgehead atoms. The predicted molar refractivity (Wildman–Crippen MR) is 116 cm³/mol. The summed E-state index contributed by atoms with van der Waals surface area (Å²) in [6, 6.07) is 18.6. The molecule has 0 heterocycles. The van der Waals surface area contributed by atoms with Crippen molar-refractivity contribution in [2.75, 3.05) is 17.2 Å².